The summed E-state index contributed by atoms with van der Waals surface area (Å²) in [4.78, 5) is 26.4. The van der Waals surface area contributed by atoms with Crippen LogP contribution in [0.3, 0.4) is 0 Å². The lowest BCUT2D eigenvalue weighted by molar-refractivity contribution is -0.125. The van der Waals surface area contributed by atoms with Gasteiger partial charge in [-0.05, 0) is 56.3 Å². The molecule has 1 N–H and O–H groups in total. The molecule has 1 aliphatic rings. The Morgan fingerprint density at radius 2 is 2.04 bits per heavy atom. The largest absolute Gasteiger partial charge is 0.494 e. The molecule has 0 bridgehead atoms. The van der Waals surface area contributed by atoms with Crippen LogP contribution < -0.4 is 19.7 Å². The number of carbonyl (C=O) groups excluding carboxylic acids is 2. The van der Waals surface area contributed by atoms with Crippen LogP contribution in [-0.2, 0) is 9.59 Å². The molecule has 0 saturated carbocycles. The van der Waals surface area contributed by atoms with E-state index >= 15 is 0 Å². The quantitative estimate of drug-likeness (QED) is 0.869. The van der Waals surface area contributed by atoms with Crippen molar-refractivity contribution in [3.8, 4) is 11.5 Å². The van der Waals surface area contributed by atoms with E-state index in [0.29, 0.717) is 28.8 Å². The zero-order valence-electron chi connectivity index (χ0n) is 14.5. The van der Waals surface area contributed by atoms with Gasteiger partial charge in [-0.15, -0.1) is 0 Å². The molecule has 0 radical (unpaired) electrons. The van der Waals surface area contributed by atoms with Crippen LogP contribution in [0.5, 0.6) is 11.5 Å². The van der Waals surface area contributed by atoms with Crippen molar-refractivity contribution in [1.82, 2.24) is 0 Å². The number of carbonyl (C=O) groups is 2. The zero-order chi connectivity index (χ0) is 18.7. The highest BCUT2D eigenvalue weighted by Gasteiger charge is 2.33. The summed E-state index contributed by atoms with van der Waals surface area (Å²) in [5.74, 6) is 0.643. The molecule has 136 valence electrons. The summed E-state index contributed by atoms with van der Waals surface area (Å²) in [6.07, 6.45) is 0. The first-order valence-electron chi connectivity index (χ1n) is 8.27. The lowest BCUT2D eigenvalue weighted by Gasteiger charge is -2.33. The maximum atomic E-state index is 12.7. The average Bonchev–Trinajstić information content (AvgIpc) is 2.63. The second-order valence-corrected chi connectivity index (χ2v) is 6.22. The number of fused-ring (bicyclic) bond motifs is 1. The second kappa shape index (κ2) is 7.66. The van der Waals surface area contributed by atoms with E-state index < -0.39 is 6.04 Å². The molecule has 7 heteroatoms. The molecule has 2 aromatic carbocycles. The Hall–Kier alpha value is -2.73. The molecule has 0 aromatic heterocycles. The fourth-order valence-electron chi connectivity index (χ4n) is 2.73. The van der Waals surface area contributed by atoms with Crippen LogP contribution in [0.25, 0.3) is 0 Å². The SMILES string of the molecule is CCOc1ccc(NC(=O)C(C)N2C(=O)COc3ccc(Cl)cc32)cc1. The minimum absolute atomic E-state index is 0.116. The topological polar surface area (TPSA) is 67.9 Å². The summed E-state index contributed by atoms with van der Waals surface area (Å²) in [7, 11) is 0. The molecule has 1 unspecified atom stereocenters. The first-order chi connectivity index (χ1) is 12.5. The van der Waals surface area contributed by atoms with E-state index in [1.165, 1.54) is 4.90 Å². The van der Waals surface area contributed by atoms with Crippen molar-refractivity contribution in [2.24, 2.45) is 0 Å². The van der Waals surface area contributed by atoms with Gasteiger partial charge in [-0.1, -0.05) is 11.6 Å². The molecule has 1 heterocycles. The maximum Gasteiger partial charge on any atom is 0.265 e. The van der Waals surface area contributed by atoms with Crippen LogP contribution in [0, 0.1) is 0 Å². The molecule has 0 aliphatic carbocycles. The van der Waals surface area contributed by atoms with Crippen molar-refractivity contribution in [3.05, 3.63) is 47.5 Å². The Labute approximate surface area is 156 Å². The standard InChI is InChI=1S/C19H19ClN2O4/c1-3-25-15-7-5-14(6-8-15)21-19(24)12(2)22-16-10-13(20)4-9-17(16)26-11-18(22)23/h4-10,12H,3,11H2,1-2H3,(H,21,24). The third-order valence-corrected chi connectivity index (χ3v) is 4.24. The number of hydrogen-bond acceptors (Lipinski definition) is 4. The van der Waals surface area contributed by atoms with Crippen molar-refractivity contribution >= 4 is 34.8 Å². The number of nitrogens with zero attached hydrogens (tertiary/aromatic N) is 1. The lowest BCUT2D eigenvalue weighted by atomic mass is 10.1. The van der Waals surface area contributed by atoms with E-state index in [9.17, 15) is 9.59 Å². The summed E-state index contributed by atoms with van der Waals surface area (Å²) in [6.45, 7) is 4.03. The highest BCUT2D eigenvalue weighted by atomic mass is 35.5. The smallest absolute Gasteiger partial charge is 0.265 e. The fourth-order valence-corrected chi connectivity index (χ4v) is 2.90. The number of hydrogen-bond donors (Lipinski definition) is 1. The highest BCUT2D eigenvalue weighted by molar-refractivity contribution is 6.31. The second-order valence-electron chi connectivity index (χ2n) is 5.79. The van der Waals surface area contributed by atoms with Crippen LogP contribution in [0.15, 0.2) is 42.5 Å². The van der Waals surface area contributed by atoms with E-state index in [1.54, 1.807) is 49.4 Å². The van der Waals surface area contributed by atoms with Gasteiger partial charge in [0.1, 0.15) is 17.5 Å². The Bertz CT molecular complexity index is 823. The molecular formula is C19H19ClN2O4. The van der Waals surface area contributed by atoms with Crippen molar-refractivity contribution < 1.29 is 19.1 Å². The third-order valence-electron chi connectivity index (χ3n) is 4.00. The van der Waals surface area contributed by atoms with Gasteiger partial charge in [-0.3, -0.25) is 14.5 Å². The molecule has 0 spiro atoms. The maximum absolute atomic E-state index is 12.7. The van der Waals surface area contributed by atoms with Crippen molar-refractivity contribution in [1.29, 1.82) is 0 Å². The average molecular weight is 375 g/mol. The highest BCUT2D eigenvalue weighted by Crippen LogP contribution is 2.35. The van der Waals surface area contributed by atoms with E-state index in [2.05, 4.69) is 5.32 Å². The third kappa shape index (κ3) is 3.75. The van der Waals surface area contributed by atoms with Gasteiger partial charge in [-0.25, -0.2) is 0 Å². The summed E-state index contributed by atoms with van der Waals surface area (Å²) >= 11 is 6.04. The molecule has 6 nitrogen and oxygen atoms in total. The Morgan fingerprint density at radius 1 is 1.31 bits per heavy atom. The van der Waals surface area contributed by atoms with Crippen molar-refractivity contribution in [3.63, 3.8) is 0 Å². The van der Waals surface area contributed by atoms with Crippen molar-refractivity contribution in [2.75, 3.05) is 23.4 Å². The summed E-state index contributed by atoms with van der Waals surface area (Å²) in [6, 6.07) is 11.3. The predicted octanol–water partition coefficient (Wildman–Crippen LogP) is 3.49. The first kappa shape index (κ1) is 18.1. The number of rotatable bonds is 5. The Kier molecular flexibility index (Phi) is 5.32. The number of benzene rings is 2. The fraction of sp³-hybridized carbons (Fsp3) is 0.263. The minimum Gasteiger partial charge on any atom is -0.494 e. The molecule has 1 atom stereocenters. The molecule has 2 aromatic rings. The van der Waals surface area contributed by atoms with Gasteiger partial charge < -0.3 is 14.8 Å². The monoisotopic (exact) mass is 374 g/mol. The summed E-state index contributed by atoms with van der Waals surface area (Å²) < 4.78 is 10.8. The molecule has 26 heavy (non-hydrogen) atoms. The predicted molar refractivity (Wildman–Crippen MR) is 100 cm³/mol. The number of anilines is 2. The van der Waals surface area contributed by atoms with Crippen LogP contribution >= 0.6 is 11.6 Å². The van der Waals surface area contributed by atoms with Crippen LogP contribution in [0.4, 0.5) is 11.4 Å². The zero-order valence-corrected chi connectivity index (χ0v) is 15.2. The van der Waals surface area contributed by atoms with Gasteiger partial charge in [0.25, 0.3) is 5.91 Å². The lowest BCUT2D eigenvalue weighted by Crippen LogP contribution is -2.49. The van der Waals surface area contributed by atoms with Gasteiger partial charge in [0.05, 0.1) is 12.3 Å². The van der Waals surface area contributed by atoms with Gasteiger partial charge in [0, 0.05) is 10.7 Å². The van der Waals surface area contributed by atoms with Crippen LogP contribution in [0.1, 0.15) is 13.8 Å². The first-order valence-corrected chi connectivity index (χ1v) is 8.65. The summed E-state index contributed by atoms with van der Waals surface area (Å²) in [5.41, 5.74) is 1.11. The molecular weight excluding hydrogens is 356 g/mol. The number of ether oxygens (including phenoxy) is 2. The van der Waals surface area contributed by atoms with Crippen LogP contribution in [-0.4, -0.2) is 31.1 Å². The van der Waals surface area contributed by atoms with E-state index in [-0.39, 0.29) is 18.4 Å². The van der Waals surface area contributed by atoms with Gasteiger partial charge >= 0.3 is 0 Å². The Morgan fingerprint density at radius 3 is 2.73 bits per heavy atom. The number of nitrogens with one attached hydrogen (secondary N) is 1. The molecule has 3 rings (SSSR count). The summed E-state index contributed by atoms with van der Waals surface area (Å²) in [5, 5.41) is 3.28. The Balaban J connectivity index is 1.78. The molecule has 0 fully saturated rings. The number of halogens is 1. The molecule has 1 aliphatic heterocycles. The van der Waals surface area contributed by atoms with E-state index in [4.69, 9.17) is 21.1 Å². The van der Waals surface area contributed by atoms with Gasteiger partial charge in [-0.2, -0.15) is 0 Å². The van der Waals surface area contributed by atoms with E-state index in [1.807, 2.05) is 6.92 Å². The van der Waals surface area contributed by atoms with Crippen LogP contribution in [0.2, 0.25) is 5.02 Å². The van der Waals surface area contributed by atoms with Gasteiger partial charge in [0.15, 0.2) is 6.61 Å². The normalized spacial score (nSPS) is 14.3. The minimum atomic E-state index is -0.727. The van der Waals surface area contributed by atoms with Crippen molar-refractivity contribution in [2.45, 2.75) is 19.9 Å². The number of amides is 2. The molecule has 0 saturated heterocycles. The molecule has 2 amide bonds. The van der Waals surface area contributed by atoms with Gasteiger partial charge in [0.2, 0.25) is 5.91 Å². The van der Waals surface area contributed by atoms with E-state index in [0.717, 1.165) is 5.75 Å².